The molecule has 0 aromatic heterocycles. The van der Waals surface area contributed by atoms with Crippen molar-refractivity contribution in [2.75, 3.05) is 18.1 Å². The lowest BCUT2D eigenvalue weighted by Gasteiger charge is -2.19. The first-order chi connectivity index (χ1) is 13.3. The smallest absolute Gasteiger partial charge is 0.416 e. The largest absolute Gasteiger partial charge is 0.491 e. The van der Waals surface area contributed by atoms with Gasteiger partial charge in [0.05, 0.1) is 17.5 Å². The molecule has 2 amide bonds. The monoisotopic (exact) mass is 390 g/mol. The van der Waals surface area contributed by atoms with Gasteiger partial charge in [-0.25, -0.2) is 0 Å². The number of anilines is 1. The molecule has 2 aliphatic heterocycles. The number of nitrogens with one attached hydrogen (secondary N) is 1. The van der Waals surface area contributed by atoms with Crippen molar-refractivity contribution in [3.8, 4) is 5.75 Å². The number of hydrogen-bond acceptors (Lipinski definition) is 3. The van der Waals surface area contributed by atoms with Crippen LogP contribution in [0.5, 0.6) is 5.75 Å². The predicted octanol–water partition coefficient (Wildman–Crippen LogP) is 3.31. The standard InChI is InChI=1S/C20H17F3N2O3/c21-20(22,23)13-4-3-5-14(9-13)25-10-12(8-18(25)26)19(27)24-16-11-28-17-7-2-1-6-15(16)17/h1-7,9,12,16H,8,10-11H2,(H,24,27). The molecule has 2 aliphatic rings. The van der Waals surface area contributed by atoms with Crippen molar-refractivity contribution in [2.45, 2.75) is 18.6 Å². The third-order valence-corrected chi connectivity index (χ3v) is 5.00. The molecule has 0 radical (unpaired) electrons. The number of fused-ring (bicyclic) bond motifs is 1. The zero-order chi connectivity index (χ0) is 19.9. The van der Waals surface area contributed by atoms with E-state index in [0.29, 0.717) is 12.4 Å². The van der Waals surface area contributed by atoms with E-state index >= 15 is 0 Å². The van der Waals surface area contributed by atoms with Crippen LogP contribution in [0.2, 0.25) is 0 Å². The molecule has 2 atom stereocenters. The maximum absolute atomic E-state index is 12.9. The lowest BCUT2D eigenvalue weighted by molar-refractivity contribution is -0.137. The highest BCUT2D eigenvalue weighted by atomic mass is 19.4. The summed E-state index contributed by atoms with van der Waals surface area (Å²) in [7, 11) is 0. The maximum Gasteiger partial charge on any atom is 0.416 e. The molecule has 28 heavy (non-hydrogen) atoms. The van der Waals surface area contributed by atoms with Crippen molar-refractivity contribution in [2.24, 2.45) is 5.92 Å². The van der Waals surface area contributed by atoms with E-state index in [-0.39, 0.29) is 36.5 Å². The van der Waals surface area contributed by atoms with Crippen LogP contribution in [-0.2, 0) is 15.8 Å². The molecule has 0 saturated carbocycles. The number of ether oxygens (including phenoxy) is 1. The minimum atomic E-state index is -4.49. The maximum atomic E-state index is 12.9. The summed E-state index contributed by atoms with van der Waals surface area (Å²) in [5.41, 5.74) is 0.185. The van der Waals surface area contributed by atoms with Crippen molar-refractivity contribution >= 4 is 17.5 Å². The van der Waals surface area contributed by atoms with Gasteiger partial charge >= 0.3 is 6.18 Å². The molecule has 4 rings (SSSR count). The lowest BCUT2D eigenvalue weighted by atomic mass is 10.1. The van der Waals surface area contributed by atoms with Gasteiger partial charge in [0.25, 0.3) is 0 Å². The number of alkyl halides is 3. The molecule has 2 unspecified atom stereocenters. The normalized spacial score (nSPS) is 21.4. The van der Waals surface area contributed by atoms with Crippen molar-refractivity contribution in [3.63, 3.8) is 0 Å². The fourth-order valence-corrected chi connectivity index (χ4v) is 3.55. The summed E-state index contributed by atoms with van der Waals surface area (Å²) in [5.74, 6) is -0.605. The van der Waals surface area contributed by atoms with Crippen LogP contribution in [0.4, 0.5) is 18.9 Å². The molecule has 1 saturated heterocycles. The predicted molar refractivity (Wildman–Crippen MR) is 94.7 cm³/mol. The summed E-state index contributed by atoms with van der Waals surface area (Å²) in [4.78, 5) is 26.2. The number of amides is 2. The van der Waals surface area contributed by atoms with Crippen molar-refractivity contribution in [1.82, 2.24) is 5.32 Å². The average molecular weight is 390 g/mol. The van der Waals surface area contributed by atoms with Gasteiger partial charge in [-0.2, -0.15) is 13.2 Å². The van der Waals surface area contributed by atoms with Gasteiger partial charge in [0.15, 0.2) is 0 Å². The Morgan fingerprint density at radius 2 is 1.93 bits per heavy atom. The first-order valence-corrected chi connectivity index (χ1v) is 8.82. The molecule has 0 aliphatic carbocycles. The van der Waals surface area contributed by atoms with Crippen molar-refractivity contribution in [1.29, 1.82) is 0 Å². The quantitative estimate of drug-likeness (QED) is 0.875. The molecular formula is C20H17F3N2O3. The molecule has 5 nitrogen and oxygen atoms in total. The molecule has 2 aromatic carbocycles. The lowest BCUT2D eigenvalue weighted by Crippen LogP contribution is -2.36. The second kappa shape index (κ2) is 6.85. The molecule has 0 spiro atoms. The second-order valence-electron chi connectivity index (χ2n) is 6.86. The van der Waals surface area contributed by atoms with E-state index < -0.39 is 17.7 Å². The van der Waals surface area contributed by atoms with Crippen LogP contribution in [0.15, 0.2) is 48.5 Å². The van der Waals surface area contributed by atoms with Crippen LogP contribution in [0.3, 0.4) is 0 Å². The number of para-hydroxylation sites is 1. The van der Waals surface area contributed by atoms with Gasteiger partial charge in [0, 0.05) is 24.2 Å². The number of carbonyl (C=O) groups is 2. The first-order valence-electron chi connectivity index (χ1n) is 8.82. The van der Waals surface area contributed by atoms with Crippen LogP contribution >= 0.6 is 0 Å². The van der Waals surface area contributed by atoms with E-state index in [0.717, 1.165) is 17.7 Å². The molecule has 1 N–H and O–H groups in total. The van der Waals surface area contributed by atoms with E-state index in [1.165, 1.54) is 17.0 Å². The Morgan fingerprint density at radius 3 is 2.71 bits per heavy atom. The summed E-state index contributed by atoms with van der Waals surface area (Å²) in [6, 6.07) is 11.6. The Balaban J connectivity index is 1.46. The summed E-state index contributed by atoms with van der Waals surface area (Å²) < 4.78 is 44.3. The summed E-state index contributed by atoms with van der Waals surface area (Å²) in [6.07, 6.45) is -4.54. The molecule has 146 valence electrons. The Hall–Kier alpha value is -3.03. The van der Waals surface area contributed by atoms with Crippen LogP contribution in [-0.4, -0.2) is 25.0 Å². The molecule has 1 fully saturated rings. The summed E-state index contributed by atoms with van der Waals surface area (Å²) >= 11 is 0. The molecular weight excluding hydrogens is 373 g/mol. The van der Waals surface area contributed by atoms with E-state index in [1.807, 2.05) is 24.3 Å². The van der Waals surface area contributed by atoms with E-state index in [2.05, 4.69) is 5.32 Å². The fourth-order valence-electron chi connectivity index (χ4n) is 3.55. The average Bonchev–Trinajstić information content (AvgIpc) is 3.25. The van der Waals surface area contributed by atoms with Gasteiger partial charge in [0.2, 0.25) is 11.8 Å². The number of benzene rings is 2. The van der Waals surface area contributed by atoms with Gasteiger partial charge in [-0.3, -0.25) is 9.59 Å². The van der Waals surface area contributed by atoms with Gasteiger partial charge in [-0.1, -0.05) is 24.3 Å². The molecule has 0 bridgehead atoms. The minimum absolute atomic E-state index is 0.0429. The Bertz CT molecular complexity index is 929. The Labute approximate surface area is 159 Å². The van der Waals surface area contributed by atoms with E-state index in [9.17, 15) is 22.8 Å². The van der Waals surface area contributed by atoms with Gasteiger partial charge in [-0.05, 0) is 24.3 Å². The first kappa shape index (κ1) is 18.3. The number of rotatable bonds is 3. The van der Waals surface area contributed by atoms with Crippen molar-refractivity contribution in [3.05, 3.63) is 59.7 Å². The highest BCUT2D eigenvalue weighted by molar-refractivity contribution is 6.00. The zero-order valence-corrected chi connectivity index (χ0v) is 14.7. The van der Waals surface area contributed by atoms with Crippen LogP contribution in [0.1, 0.15) is 23.6 Å². The van der Waals surface area contributed by atoms with Crippen molar-refractivity contribution < 1.29 is 27.5 Å². The second-order valence-corrected chi connectivity index (χ2v) is 6.86. The number of halogens is 3. The molecule has 2 aromatic rings. The number of carbonyl (C=O) groups excluding carboxylic acids is 2. The molecule has 8 heteroatoms. The highest BCUT2D eigenvalue weighted by Gasteiger charge is 2.38. The van der Waals surface area contributed by atoms with Gasteiger partial charge in [0.1, 0.15) is 12.4 Å². The van der Waals surface area contributed by atoms with E-state index in [1.54, 1.807) is 0 Å². The van der Waals surface area contributed by atoms with Gasteiger partial charge < -0.3 is 15.0 Å². The van der Waals surface area contributed by atoms with Gasteiger partial charge in [-0.15, -0.1) is 0 Å². The summed E-state index contributed by atoms with van der Waals surface area (Å²) in [6.45, 7) is 0.351. The van der Waals surface area contributed by atoms with Crippen LogP contribution in [0, 0.1) is 5.92 Å². The Kier molecular flexibility index (Phi) is 4.49. The fraction of sp³-hybridized carbons (Fsp3) is 0.300. The number of nitrogens with zero attached hydrogens (tertiary/aromatic N) is 1. The Morgan fingerprint density at radius 1 is 1.14 bits per heavy atom. The van der Waals surface area contributed by atoms with Crippen LogP contribution < -0.4 is 15.0 Å². The minimum Gasteiger partial charge on any atom is -0.491 e. The summed E-state index contributed by atoms with van der Waals surface area (Å²) in [5, 5.41) is 2.88. The van der Waals surface area contributed by atoms with E-state index in [4.69, 9.17) is 4.74 Å². The number of hydrogen-bond donors (Lipinski definition) is 1. The topological polar surface area (TPSA) is 58.6 Å². The van der Waals surface area contributed by atoms with Crippen LogP contribution in [0.25, 0.3) is 0 Å². The zero-order valence-electron chi connectivity index (χ0n) is 14.7. The molecule has 2 heterocycles. The third kappa shape index (κ3) is 3.42. The third-order valence-electron chi connectivity index (χ3n) is 5.00. The SMILES string of the molecule is O=C(NC1COc2ccccc21)C1CC(=O)N(c2cccc(C(F)(F)F)c2)C1. The highest BCUT2D eigenvalue weighted by Crippen LogP contribution is 2.35.